The molecule has 0 saturated heterocycles. The number of benzene rings is 7. The Morgan fingerprint density at radius 3 is 1.92 bits per heavy atom. The SMILES string of the molecule is c1ccc(-c2nc(-c3ccc4oc5ccccc5c4c3)nc3ccc(-c4ccc5c6ccccc6n(-c6ccccc6)c5c4)cc23)cc1. The van der Waals surface area contributed by atoms with E-state index < -0.39 is 0 Å². The molecule has 4 nitrogen and oxygen atoms in total. The molecule has 0 aliphatic carbocycles. The van der Waals surface area contributed by atoms with E-state index in [1.807, 2.05) is 30.3 Å². The van der Waals surface area contributed by atoms with Gasteiger partial charge in [-0.3, -0.25) is 0 Å². The van der Waals surface area contributed by atoms with E-state index >= 15 is 0 Å². The lowest BCUT2D eigenvalue weighted by Gasteiger charge is -2.12. The Kier molecular flexibility index (Phi) is 5.84. The maximum Gasteiger partial charge on any atom is 0.160 e. The van der Waals surface area contributed by atoms with Crippen LogP contribution < -0.4 is 0 Å². The van der Waals surface area contributed by atoms with Crippen LogP contribution in [0.25, 0.3) is 94.1 Å². The van der Waals surface area contributed by atoms with Gasteiger partial charge in [0.25, 0.3) is 0 Å². The highest BCUT2D eigenvalue weighted by Gasteiger charge is 2.17. The zero-order chi connectivity index (χ0) is 31.6. The van der Waals surface area contributed by atoms with E-state index in [0.29, 0.717) is 5.82 Å². The summed E-state index contributed by atoms with van der Waals surface area (Å²) in [6.07, 6.45) is 0. The Morgan fingerprint density at radius 1 is 0.396 bits per heavy atom. The van der Waals surface area contributed by atoms with Gasteiger partial charge in [0.05, 0.1) is 22.2 Å². The Morgan fingerprint density at radius 2 is 1.04 bits per heavy atom. The van der Waals surface area contributed by atoms with Crippen molar-refractivity contribution in [3.63, 3.8) is 0 Å². The molecular formula is C44H27N3O. The number of fused-ring (bicyclic) bond motifs is 7. The monoisotopic (exact) mass is 613 g/mol. The summed E-state index contributed by atoms with van der Waals surface area (Å²) in [6.45, 7) is 0. The molecular weight excluding hydrogens is 587 g/mol. The molecule has 3 aromatic heterocycles. The Hall–Kier alpha value is -6.52. The third-order valence-electron chi connectivity index (χ3n) is 9.40. The lowest BCUT2D eigenvalue weighted by molar-refractivity contribution is 0.669. The molecule has 0 spiro atoms. The smallest absolute Gasteiger partial charge is 0.160 e. The molecule has 48 heavy (non-hydrogen) atoms. The quantitative estimate of drug-likeness (QED) is 0.198. The van der Waals surface area contributed by atoms with Crippen LogP contribution in [0.1, 0.15) is 0 Å². The largest absolute Gasteiger partial charge is 0.456 e. The van der Waals surface area contributed by atoms with Gasteiger partial charge in [0, 0.05) is 43.7 Å². The van der Waals surface area contributed by atoms with Gasteiger partial charge in [-0.2, -0.15) is 0 Å². The fraction of sp³-hybridized carbons (Fsp3) is 0. The first-order valence-corrected chi connectivity index (χ1v) is 16.2. The van der Waals surface area contributed by atoms with Gasteiger partial charge < -0.3 is 8.98 Å². The number of furan rings is 1. The summed E-state index contributed by atoms with van der Waals surface area (Å²) in [5, 5.41) is 5.65. The Balaban J connectivity index is 1.17. The van der Waals surface area contributed by atoms with Crippen LogP contribution in [0, 0.1) is 0 Å². The number of aromatic nitrogens is 3. The van der Waals surface area contributed by atoms with Crippen molar-refractivity contribution in [1.82, 2.24) is 14.5 Å². The van der Waals surface area contributed by atoms with Gasteiger partial charge in [-0.15, -0.1) is 0 Å². The van der Waals surface area contributed by atoms with E-state index in [9.17, 15) is 0 Å². The summed E-state index contributed by atoms with van der Waals surface area (Å²) in [7, 11) is 0. The summed E-state index contributed by atoms with van der Waals surface area (Å²) in [6, 6.07) is 57.3. The first-order valence-electron chi connectivity index (χ1n) is 16.2. The summed E-state index contributed by atoms with van der Waals surface area (Å²) >= 11 is 0. The Bertz CT molecular complexity index is 2830. The van der Waals surface area contributed by atoms with Crippen molar-refractivity contribution in [2.24, 2.45) is 0 Å². The van der Waals surface area contributed by atoms with E-state index in [-0.39, 0.29) is 0 Å². The minimum Gasteiger partial charge on any atom is -0.456 e. The lowest BCUT2D eigenvalue weighted by Crippen LogP contribution is -1.96. The average Bonchev–Trinajstić information content (AvgIpc) is 3.70. The van der Waals surface area contributed by atoms with Crippen molar-refractivity contribution in [2.75, 3.05) is 0 Å². The molecule has 4 heteroatoms. The molecule has 0 aliphatic heterocycles. The number of hydrogen-bond donors (Lipinski definition) is 0. The van der Waals surface area contributed by atoms with Crippen molar-refractivity contribution in [1.29, 1.82) is 0 Å². The topological polar surface area (TPSA) is 43.9 Å². The lowest BCUT2D eigenvalue weighted by atomic mass is 9.99. The zero-order valence-electron chi connectivity index (χ0n) is 25.8. The van der Waals surface area contributed by atoms with Crippen LogP contribution in [0.15, 0.2) is 168 Å². The van der Waals surface area contributed by atoms with E-state index in [2.05, 4.69) is 138 Å². The van der Waals surface area contributed by atoms with Gasteiger partial charge in [-0.1, -0.05) is 103 Å². The zero-order valence-corrected chi connectivity index (χ0v) is 25.8. The first kappa shape index (κ1) is 26.7. The third-order valence-corrected chi connectivity index (χ3v) is 9.40. The molecule has 0 amide bonds. The predicted molar refractivity (Wildman–Crippen MR) is 197 cm³/mol. The molecule has 3 heterocycles. The van der Waals surface area contributed by atoms with Crippen LogP contribution >= 0.6 is 0 Å². The van der Waals surface area contributed by atoms with Crippen LogP contribution in [-0.2, 0) is 0 Å². The van der Waals surface area contributed by atoms with Gasteiger partial charge in [-0.05, 0) is 71.8 Å². The second kappa shape index (κ2) is 10.5. The maximum atomic E-state index is 6.10. The number of hydrogen-bond acceptors (Lipinski definition) is 3. The molecule has 0 fully saturated rings. The average molecular weight is 614 g/mol. The summed E-state index contributed by atoms with van der Waals surface area (Å²) in [4.78, 5) is 10.4. The predicted octanol–water partition coefficient (Wildman–Crippen LogP) is 11.6. The Labute approximate surface area is 276 Å². The molecule has 0 aliphatic rings. The van der Waals surface area contributed by atoms with E-state index in [1.54, 1.807) is 0 Å². The van der Waals surface area contributed by atoms with Crippen LogP contribution in [-0.4, -0.2) is 14.5 Å². The van der Waals surface area contributed by atoms with Crippen molar-refractivity contribution in [3.05, 3.63) is 164 Å². The molecule has 224 valence electrons. The first-order chi connectivity index (χ1) is 23.8. The van der Waals surface area contributed by atoms with Crippen LogP contribution in [0.4, 0.5) is 0 Å². The highest BCUT2D eigenvalue weighted by molar-refractivity contribution is 6.10. The van der Waals surface area contributed by atoms with E-state index in [0.717, 1.165) is 66.5 Å². The maximum absolute atomic E-state index is 6.10. The molecule has 0 bridgehead atoms. The fourth-order valence-corrected chi connectivity index (χ4v) is 7.12. The van der Waals surface area contributed by atoms with Crippen molar-refractivity contribution < 1.29 is 4.42 Å². The van der Waals surface area contributed by atoms with Crippen LogP contribution in [0.2, 0.25) is 0 Å². The summed E-state index contributed by atoms with van der Waals surface area (Å²) in [5.74, 6) is 0.690. The molecule has 0 atom stereocenters. The summed E-state index contributed by atoms with van der Waals surface area (Å²) in [5.41, 5.74) is 11.3. The second-order valence-corrected chi connectivity index (χ2v) is 12.2. The van der Waals surface area contributed by atoms with Gasteiger partial charge in [0.1, 0.15) is 11.2 Å². The van der Waals surface area contributed by atoms with Gasteiger partial charge >= 0.3 is 0 Å². The number of nitrogens with zero attached hydrogens (tertiary/aromatic N) is 3. The van der Waals surface area contributed by atoms with Gasteiger partial charge in [0.2, 0.25) is 0 Å². The molecule has 0 radical (unpaired) electrons. The fourth-order valence-electron chi connectivity index (χ4n) is 7.12. The second-order valence-electron chi connectivity index (χ2n) is 12.2. The van der Waals surface area contributed by atoms with Crippen molar-refractivity contribution in [2.45, 2.75) is 0 Å². The molecule has 0 saturated carbocycles. The normalized spacial score (nSPS) is 11.8. The molecule has 7 aromatic carbocycles. The number of rotatable bonds is 4. The molecule has 10 rings (SSSR count). The third kappa shape index (κ3) is 4.16. The van der Waals surface area contributed by atoms with Crippen LogP contribution in [0.3, 0.4) is 0 Å². The van der Waals surface area contributed by atoms with E-state index in [4.69, 9.17) is 14.4 Å². The standard InChI is InChI=1S/C44H27N3O/c1-3-11-28(12-4-1)43-37-25-29(30-19-22-34-33-15-7-9-17-39(33)47(40(34)27-30)32-13-5-2-6-14-32)20-23-38(37)45-44(46-43)31-21-24-42-36(26-31)35-16-8-10-18-41(35)48-42/h1-27H. The number of para-hydroxylation sites is 3. The molecule has 10 aromatic rings. The highest BCUT2D eigenvalue weighted by atomic mass is 16.3. The van der Waals surface area contributed by atoms with Gasteiger partial charge in [-0.25, -0.2) is 9.97 Å². The molecule has 0 N–H and O–H groups in total. The van der Waals surface area contributed by atoms with Crippen molar-refractivity contribution >= 4 is 54.6 Å². The molecule has 0 unspecified atom stereocenters. The highest BCUT2D eigenvalue weighted by Crippen LogP contribution is 2.38. The van der Waals surface area contributed by atoms with Crippen molar-refractivity contribution in [3.8, 4) is 39.5 Å². The van der Waals surface area contributed by atoms with Crippen LogP contribution in [0.5, 0.6) is 0 Å². The minimum absolute atomic E-state index is 0.690. The minimum atomic E-state index is 0.690. The van der Waals surface area contributed by atoms with Gasteiger partial charge in [0.15, 0.2) is 5.82 Å². The summed E-state index contributed by atoms with van der Waals surface area (Å²) < 4.78 is 8.46. The van der Waals surface area contributed by atoms with E-state index in [1.165, 1.54) is 21.8 Å².